The molecule has 0 aliphatic carbocycles. The highest BCUT2D eigenvalue weighted by atomic mass is 16.2. The van der Waals surface area contributed by atoms with E-state index in [1.807, 2.05) is 0 Å². The van der Waals surface area contributed by atoms with Crippen molar-refractivity contribution in [3.05, 3.63) is 23.3 Å². The molecule has 0 spiro atoms. The van der Waals surface area contributed by atoms with Crippen LogP contribution in [0.3, 0.4) is 0 Å². The Morgan fingerprint density at radius 2 is 2.00 bits per heavy atom. The molecule has 90 valence electrons. The molecule has 3 rings (SSSR count). The highest BCUT2D eigenvalue weighted by molar-refractivity contribution is 6.03. The quantitative estimate of drug-likeness (QED) is 0.743. The molecule has 0 aromatic heterocycles. The van der Waals surface area contributed by atoms with E-state index in [9.17, 15) is 4.79 Å². The second kappa shape index (κ2) is 3.76. The molecule has 2 aliphatic heterocycles. The Kier molecular flexibility index (Phi) is 2.35. The van der Waals surface area contributed by atoms with Gasteiger partial charge < -0.3 is 10.2 Å². The SMILES string of the molecule is Cc1cc2c(cc1C)N1CCCCC1C(=O)N2. The second-order valence-electron chi connectivity index (χ2n) is 5.15. The molecule has 0 radical (unpaired) electrons. The third-order valence-corrected chi connectivity index (χ3v) is 3.98. The van der Waals surface area contributed by atoms with Crippen LogP contribution in [0, 0.1) is 13.8 Å². The maximum Gasteiger partial charge on any atom is 0.247 e. The molecule has 1 aromatic rings. The molecule has 1 fully saturated rings. The lowest BCUT2D eigenvalue weighted by atomic mass is 9.96. The number of nitrogens with zero attached hydrogens (tertiary/aromatic N) is 1. The van der Waals surface area contributed by atoms with Crippen LogP contribution in [0.2, 0.25) is 0 Å². The highest BCUT2D eigenvalue weighted by Crippen LogP contribution is 2.37. The lowest BCUT2D eigenvalue weighted by Crippen LogP contribution is -2.50. The van der Waals surface area contributed by atoms with E-state index in [0.29, 0.717) is 0 Å². The number of nitrogens with one attached hydrogen (secondary N) is 1. The summed E-state index contributed by atoms with van der Waals surface area (Å²) in [4.78, 5) is 14.3. The second-order valence-corrected chi connectivity index (χ2v) is 5.15. The Hall–Kier alpha value is -1.51. The number of carbonyl (C=O) groups is 1. The molecule has 1 aromatic carbocycles. The summed E-state index contributed by atoms with van der Waals surface area (Å²) < 4.78 is 0. The number of amides is 1. The van der Waals surface area contributed by atoms with Crippen LogP contribution in [0.15, 0.2) is 12.1 Å². The van der Waals surface area contributed by atoms with Crippen molar-refractivity contribution in [1.82, 2.24) is 0 Å². The Bertz CT molecular complexity index is 481. The van der Waals surface area contributed by atoms with Crippen LogP contribution in [-0.4, -0.2) is 18.5 Å². The normalized spacial score (nSPS) is 22.8. The molecule has 1 N–H and O–H groups in total. The molecule has 3 heteroatoms. The molecule has 1 amide bonds. The Labute approximate surface area is 102 Å². The number of rotatable bonds is 0. The fraction of sp³-hybridized carbons (Fsp3) is 0.500. The molecule has 2 aliphatic rings. The van der Waals surface area contributed by atoms with Crippen molar-refractivity contribution in [2.75, 3.05) is 16.8 Å². The first kappa shape index (κ1) is 10.6. The van der Waals surface area contributed by atoms with Gasteiger partial charge in [-0.05, 0) is 56.4 Å². The zero-order valence-corrected chi connectivity index (χ0v) is 10.4. The largest absolute Gasteiger partial charge is 0.358 e. The summed E-state index contributed by atoms with van der Waals surface area (Å²) in [7, 11) is 0. The van der Waals surface area contributed by atoms with Gasteiger partial charge >= 0.3 is 0 Å². The molecule has 1 unspecified atom stereocenters. The molecular formula is C14H18N2O. The molecular weight excluding hydrogens is 212 g/mol. The van der Waals surface area contributed by atoms with Crippen molar-refractivity contribution in [1.29, 1.82) is 0 Å². The fourth-order valence-electron chi connectivity index (χ4n) is 2.85. The van der Waals surface area contributed by atoms with E-state index in [-0.39, 0.29) is 11.9 Å². The number of aryl methyl sites for hydroxylation is 2. The van der Waals surface area contributed by atoms with Gasteiger partial charge in [0.05, 0.1) is 11.4 Å². The maximum atomic E-state index is 12.0. The van der Waals surface area contributed by atoms with Crippen molar-refractivity contribution >= 4 is 17.3 Å². The average Bonchev–Trinajstić information content (AvgIpc) is 2.32. The Morgan fingerprint density at radius 3 is 2.82 bits per heavy atom. The van der Waals surface area contributed by atoms with Crippen LogP contribution in [0.5, 0.6) is 0 Å². The van der Waals surface area contributed by atoms with Crippen molar-refractivity contribution in [2.45, 2.75) is 39.2 Å². The van der Waals surface area contributed by atoms with Gasteiger partial charge in [0, 0.05) is 6.54 Å². The minimum Gasteiger partial charge on any atom is -0.358 e. The molecule has 0 saturated carbocycles. The van der Waals surface area contributed by atoms with Crippen LogP contribution in [-0.2, 0) is 4.79 Å². The minimum atomic E-state index is 0.0540. The summed E-state index contributed by atoms with van der Waals surface area (Å²) in [5.74, 6) is 0.167. The lowest BCUT2D eigenvalue weighted by molar-refractivity contribution is -0.118. The number of piperidine rings is 1. The van der Waals surface area contributed by atoms with Gasteiger partial charge in [-0.2, -0.15) is 0 Å². The van der Waals surface area contributed by atoms with Gasteiger partial charge in [-0.1, -0.05) is 0 Å². The molecule has 0 bridgehead atoms. The summed E-state index contributed by atoms with van der Waals surface area (Å²) in [6, 6.07) is 4.36. The summed E-state index contributed by atoms with van der Waals surface area (Å²) in [6.07, 6.45) is 3.34. The van der Waals surface area contributed by atoms with E-state index in [1.165, 1.54) is 23.2 Å². The van der Waals surface area contributed by atoms with E-state index >= 15 is 0 Å². The van der Waals surface area contributed by atoms with E-state index in [0.717, 1.165) is 25.1 Å². The van der Waals surface area contributed by atoms with Crippen molar-refractivity contribution < 1.29 is 4.79 Å². The zero-order chi connectivity index (χ0) is 12.0. The van der Waals surface area contributed by atoms with Crippen LogP contribution >= 0.6 is 0 Å². The number of carbonyl (C=O) groups excluding carboxylic acids is 1. The monoisotopic (exact) mass is 230 g/mol. The van der Waals surface area contributed by atoms with Crippen LogP contribution < -0.4 is 10.2 Å². The maximum absolute atomic E-state index is 12.0. The number of hydrogen-bond acceptors (Lipinski definition) is 2. The third kappa shape index (κ3) is 1.61. The predicted octanol–water partition coefficient (Wildman–Crippen LogP) is 2.61. The Morgan fingerprint density at radius 1 is 1.24 bits per heavy atom. The van der Waals surface area contributed by atoms with Gasteiger partial charge in [-0.15, -0.1) is 0 Å². The van der Waals surface area contributed by atoms with Gasteiger partial charge in [0.2, 0.25) is 5.91 Å². The smallest absolute Gasteiger partial charge is 0.247 e. The van der Waals surface area contributed by atoms with E-state index in [1.54, 1.807) is 0 Å². The standard InChI is InChI=1S/C14H18N2O/c1-9-7-11-13(8-10(9)2)16-6-4-3-5-12(16)14(17)15-11/h7-8,12H,3-6H2,1-2H3,(H,15,17). The topological polar surface area (TPSA) is 32.3 Å². The molecule has 3 nitrogen and oxygen atoms in total. The lowest BCUT2D eigenvalue weighted by Gasteiger charge is -2.41. The Balaban J connectivity index is 2.10. The van der Waals surface area contributed by atoms with Gasteiger partial charge in [0.1, 0.15) is 6.04 Å². The third-order valence-electron chi connectivity index (χ3n) is 3.98. The van der Waals surface area contributed by atoms with Gasteiger partial charge in [-0.3, -0.25) is 4.79 Å². The zero-order valence-electron chi connectivity index (χ0n) is 10.4. The van der Waals surface area contributed by atoms with E-state index < -0.39 is 0 Å². The number of hydrogen-bond donors (Lipinski definition) is 1. The van der Waals surface area contributed by atoms with E-state index in [2.05, 4.69) is 36.2 Å². The van der Waals surface area contributed by atoms with Gasteiger partial charge in [0.25, 0.3) is 0 Å². The fourth-order valence-corrected chi connectivity index (χ4v) is 2.85. The molecule has 1 atom stereocenters. The summed E-state index contributed by atoms with van der Waals surface area (Å²) in [5.41, 5.74) is 4.72. The first-order valence-electron chi connectivity index (χ1n) is 6.35. The van der Waals surface area contributed by atoms with Gasteiger partial charge in [-0.25, -0.2) is 0 Å². The summed E-state index contributed by atoms with van der Waals surface area (Å²) in [6.45, 7) is 5.22. The number of anilines is 2. The van der Waals surface area contributed by atoms with Crippen molar-refractivity contribution in [2.24, 2.45) is 0 Å². The van der Waals surface area contributed by atoms with E-state index in [4.69, 9.17) is 0 Å². The van der Waals surface area contributed by atoms with Crippen LogP contribution in [0.4, 0.5) is 11.4 Å². The van der Waals surface area contributed by atoms with Crippen molar-refractivity contribution in [3.8, 4) is 0 Å². The van der Waals surface area contributed by atoms with Crippen LogP contribution in [0.1, 0.15) is 30.4 Å². The molecule has 1 saturated heterocycles. The average molecular weight is 230 g/mol. The molecule has 17 heavy (non-hydrogen) atoms. The summed E-state index contributed by atoms with van der Waals surface area (Å²) >= 11 is 0. The number of fused-ring (bicyclic) bond motifs is 3. The number of benzene rings is 1. The summed E-state index contributed by atoms with van der Waals surface area (Å²) in [5, 5.41) is 3.05. The predicted molar refractivity (Wildman–Crippen MR) is 69.5 cm³/mol. The first-order valence-corrected chi connectivity index (χ1v) is 6.35. The highest BCUT2D eigenvalue weighted by Gasteiger charge is 2.34. The first-order chi connectivity index (χ1) is 8.16. The minimum absolute atomic E-state index is 0.0540. The van der Waals surface area contributed by atoms with Crippen molar-refractivity contribution in [3.63, 3.8) is 0 Å². The van der Waals surface area contributed by atoms with Gasteiger partial charge in [0.15, 0.2) is 0 Å². The molecule has 2 heterocycles. The van der Waals surface area contributed by atoms with Crippen LogP contribution in [0.25, 0.3) is 0 Å².